The Hall–Kier alpha value is -2.80. The van der Waals surface area contributed by atoms with Crippen LogP contribution in [0.1, 0.15) is 33.8 Å². The minimum atomic E-state index is -0.278. The average Bonchev–Trinajstić information content (AvgIpc) is 3.02. The minimum Gasteiger partial charge on any atom is -0.497 e. The summed E-state index contributed by atoms with van der Waals surface area (Å²) in [7, 11) is 3.13. The first-order chi connectivity index (χ1) is 13.1. The van der Waals surface area contributed by atoms with Crippen molar-refractivity contribution in [3.8, 4) is 11.5 Å². The van der Waals surface area contributed by atoms with Gasteiger partial charge in [0, 0.05) is 17.1 Å². The van der Waals surface area contributed by atoms with Crippen molar-refractivity contribution in [3.63, 3.8) is 0 Å². The number of nitrogens with one attached hydrogen (secondary N) is 1. The number of pyridine rings is 1. The van der Waals surface area contributed by atoms with Crippen molar-refractivity contribution in [2.24, 2.45) is 0 Å². The van der Waals surface area contributed by atoms with Crippen LogP contribution in [0.3, 0.4) is 0 Å². The van der Waals surface area contributed by atoms with Crippen molar-refractivity contribution >= 4 is 38.8 Å². The van der Waals surface area contributed by atoms with E-state index in [1.807, 2.05) is 0 Å². The van der Waals surface area contributed by atoms with Crippen LogP contribution in [-0.4, -0.2) is 25.1 Å². The molecule has 0 fully saturated rings. The van der Waals surface area contributed by atoms with E-state index < -0.39 is 0 Å². The van der Waals surface area contributed by atoms with E-state index in [0.717, 1.165) is 35.2 Å². The van der Waals surface area contributed by atoms with E-state index in [0.29, 0.717) is 27.8 Å². The van der Waals surface area contributed by atoms with Crippen molar-refractivity contribution in [1.82, 2.24) is 4.98 Å². The predicted octanol–water partition coefficient (Wildman–Crippen LogP) is 4.03. The van der Waals surface area contributed by atoms with Crippen LogP contribution in [0.15, 0.2) is 24.3 Å². The molecule has 2 heterocycles. The summed E-state index contributed by atoms with van der Waals surface area (Å²) < 4.78 is 10.6. The lowest BCUT2D eigenvalue weighted by atomic mass is 9.95. The molecule has 3 aromatic rings. The summed E-state index contributed by atoms with van der Waals surface area (Å²) in [6.45, 7) is 0. The number of nitrogens with zero attached hydrogens (tertiary/aromatic N) is 1. The second-order valence-electron chi connectivity index (χ2n) is 6.52. The number of methoxy groups -OCH3 is 2. The second kappa shape index (κ2) is 7.08. The third-order valence-corrected chi connectivity index (χ3v) is 5.97. The normalized spacial score (nSPS) is 13.3. The molecule has 6 nitrogen and oxygen atoms in total. The van der Waals surface area contributed by atoms with Gasteiger partial charge in [-0.3, -0.25) is 4.79 Å². The summed E-state index contributed by atoms with van der Waals surface area (Å²) >= 11 is 1.33. The number of amides is 1. The number of aryl methyl sites for hydroxylation is 2. The fourth-order valence-electron chi connectivity index (χ4n) is 3.42. The lowest BCUT2D eigenvalue weighted by Crippen LogP contribution is -2.12. The monoisotopic (exact) mass is 383 g/mol. The van der Waals surface area contributed by atoms with Crippen LogP contribution >= 0.6 is 11.3 Å². The smallest absolute Gasteiger partial charge is 0.268 e. The topological polar surface area (TPSA) is 86.5 Å². The molecule has 0 radical (unpaired) electrons. The molecule has 0 unspecified atom stereocenters. The van der Waals surface area contributed by atoms with Crippen LogP contribution in [0.5, 0.6) is 11.5 Å². The van der Waals surface area contributed by atoms with Gasteiger partial charge < -0.3 is 20.5 Å². The molecule has 1 aliphatic rings. The highest BCUT2D eigenvalue weighted by atomic mass is 32.1. The van der Waals surface area contributed by atoms with Gasteiger partial charge in [0.05, 0.1) is 25.6 Å². The zero-order valence-electron chi connectivity index (χ0n) is 15.3. The lowest BCUT2D eigenvalue weighted by molar-refractivity contribution is 0.103. The van der Waals surface area contributed by atoms with E-state index in [2.05, 4.69) is 11.4 Å². The second-order valence-corrected chi connectivity index (χ2v) is 7.52. The molecular weight excluding hydrogens is 362 g/mol. The van der Waals surface area contributed by atoms with Gasteiger partial charge in [0.2, 0.25) is 0 Å². The van der Waals surface area contributed by atoms with E-state index in [1.165, 1.54) is 23.3 Å². The quantitative estimate of drug-likeness (QED) is 0.710. The number of nitrogens with two attached hydrogens (primary N) is 1. The SMILES string of the molecule is COc1ccc(OC)c(NC(=O)c2sc3nc4c(cc3c2N)CCCC4)c1. The predicted molar refractivity (Wildman–Crippen MR) is 108 cm³/mol. The number of hydrogen-bond donors (Lipinski definition) is 2. The van der Waals surface area contributed by atoms with Crippen LogP contribution in [0.4, 0.5) is 11.4 Å². The molecule has 140 valence electrons. The fourth-order valence-corrected chi connectivity index (χ4v) is 4.41. The van der Waals surface area contributed by atoms with Gasteiger partial charge in [-0.1, -0.05) is 0 Å². The molecule has 7 heteroatoms. The lowest BCUT2D eigenvalue weighted by Gasteiger charge is -2.14. The number of carbonyl (C=O) groups is 1. The molecule has 0 bridgehead atoms. The Morgan fingerprint density at radius 1 is 1.19 bits per heavy atom. The van der Waals surface area contributed by atoms with Crippen LogP contribution in [-0.2, 0) is 12.8 Å². The zero-order valence-corrected chi connectivity index (χ0v) is 16.1. The molecule has 0 saturated carbocycles. The minimum absolute atomic E-state index is 0.278. The van der Waals surface area contributed by atoms with Gasteiger partial charge in [0.1, 0.15) is 21.2 Å². The summed E-state index contributed by atoms with van der Waals surface area (Å²) in [4.78, 5) is 18.9. The number of thiophene rings is 1. The maximum absolute atomic E-state index is 12.9. The van der Waals surface area contributed by atoms with E-state index in [9.17, 15) is 4.79 Å². The summed E-state index contributed by atoms with van der Waals surface area (Å²) in [5, 5.41) is 3.75. The molecule has 3 N–H and O–H groups in total. The van der Waals surface area contributed by atoms with Gasteiger partial charge >= 0.3 is 0 Å². The largest absolute Gasteiger partial charge is 0.497 e. The number of rotatable bonds is 4. The maximum atomic E-state index is 12.9. The number of fused-ring (bicyclic) bond motifs is 2. The first-order valence-corrected chi connectivity index (χ1v) is 9.66. The Labute approximate surface area is 161 Å². The molecule has 0 atom stereocenters. The van der Waals surface area contributed by atoms with Crippen LogP contribution in [0, 0.1) is 0 Å². The summed E-state index contributed by atoms with van der Waals surface area (Å²) in [6.07, 6.45) is 4.35. The number of aromatic nitrogens is 1. The Balaban J connectivity index is 1.70. The maximum Gasteiger partial charge on any atom is 0.268 e. The Bertz CT molecular complexity index is 1030. The van der Waals surface area contributed by atoms with Gasteiger partial charge in [0.25, 0.3) is 5.91 Å². The van der Waals surface area contributed by atoms with Crippen LogP contribution in [0.2, 0.25) is 0 Å². The molecule has 0 aliphatic heterocycles. The molecule has 1 aromatic carbocycles. The molecule has 1 aliphatic carbocycles. The summed E-state index contributed by atoms with van der Waals surface area (Å²) in [5.41, 5.74) is 9.71. The number of ether oxygens (including phenoxy) is 2. The molecule has 0 saturated heterocycles. The highest BCUT2D eigenvalue weighted by Crippen LogP contribution is 2.37. The molecule has 4 rings (SSSR count). The molecule has 27 heavy (non-hydrogen) atoms. The van der Waals surface area contributed by atoms with Crippen LogP contribution < -0.4 is 20.5 Å². The van der Waals surface area contributed by atoms with Gasteiger partial charge in [-0.15, -0.1) is 11.3 Å². The molecular formula is C20H21N3O3S. The first-order valence-electron chi connectivity index (χ1n) is 8.85. The summed E-state index contributed by atoms with van der Waals surface area (Å²) in [5.74, 6) is 0.905. The standard InChI is InChI=1S/C20H21N3O3S/c1-25-12-7-8-16(26-2)15(10-12)22-19(24)18-17(21)13-9-11-5-3-4-6-14(11)23-20(13)27-18/h7-10H,3-6,21H2,1-2H3,(H,22,24). The Morgan fingerprint density at radius 3 is 2.78 bits per heavy atom. The van der Waals surface area contributed by atoms with Crippen LogP contribution in [0.25, 0.3) is 10.2 Å². The van der Waals surface area contributed by atoms with E-state index in [-0.39, 0.29) is 5.91 Å². The van der Waals surface area contributed by atoms with Gasteiger partial charge in [0.15, 0.2) is 0 Å². The fraction of sp³-hybridized carbons (Fsp3) is 0.300. The van der Waals surface area contributed by atoms with E-state index in [1.54, 1.807) is 32.4 Å². The number of hydrogen-bond acceptors (Lipinski definition) is 6. The average molecular weight is 383 g/mol. The number of anilines is 2. The number of carbonyl (C=O) groups excluding carboxylic acids is 1. The van der Waals surface area contributed by atoms with Crippen molar-refractivity contribution in [1.29, 1.82) is 0 Å². The first kappa shape index (κ1) is 17.6. The van der Waals surface area contributed by atoms with Gasteiger partial charge in [-0.05, 0) is 49.4 Å². The van der Waals surface area contributed by atoms with Crippen molar-refractivity contribution in [2.45, 2.75) is 25.7 Å². The third-order valence-electron chi connectivity index (χ3n) is 4.86. The summed E-state index contributed by atoms with van der Waals surface area (Å²) in [6, 6.07) is 7.35. The Morgan fingerprint density at radius 2 is 2.00 bits per heavy atom. The van der Waals surface area contributed by atoms with Crippen molar-refractivity contribution < 1.29 is 14.3 Å². The van der Waals surface area contributed by atoms with Gasteiger partial charge in [-0.2, -0.15) is 0 Å². The molecule has 1 amide bonds. The van der Waals surface area contributed by atoms with Crippen molar-refractivity contribution in [3.05, 3.63) is 40.4 Å². The number of nitrogen functional groups attached to an aromatic ring is 1. The highest BCUT2D eigenvalue weighted by molar-refractivity contribution is 7.21. The van der Waals surface area contributed by atoms with E-state index in [4.69, 9.17) is 20.2 Å². The van der Waals surface area contributed by atoms with Gasteiger partial charge in [-0.25, -0.2) is 4.98 Å². The molecule has 0 spiro atoms. The van der Waals surface area contributed by atoms with Crippen molar-refractivity contribution in [2.75, 3.05) is 25.3 Å². The number of benzene rings is 1. The highest BCUT2D eigenvalue weighted by Gasteiger charge is 2.21. The zero-order chi connectivity index (χ0) is 19.0. The Kier molecular flexibility index (Phi) is 4.61. The third kappa shape index (κ3) is 3.19. The molecule has 2 aromatic heterocycles. The van der Waals surface area contributed by atoms with E-state index >= 15 is 0 Å².